The Morgan fingerprint density at radius 1 is 0.548 bits per heavy atom. The lowest BCUT2D eigenvalue weighted by Crippen LogP contribution is -2.25. The highest BCUT2D eigenvalue weighted by Crippen LogP contribution is 2.40. The Morgan fingerprint density at radius 3 is 1.16 bits per heavy atom. The van der Waals surface area contributed by atoms with Gasteiger partial charge in [-0.2, -0.15) is 0 Å². The first-order valence-corrected chi connectivity index (χ1v) is 11.5. The van der Waals surface area contributed by atoms with E-state index in [1.807, 2.05) is 12.1 Å². The minimum Gasteiger partial charge on any atom is -0.508 e. The summed E-state index contributed by atoms with van der Waals surface area (Å²) in [6, 6.07) is 11.9. The maximum absolute atomic E-state index is 10.6. The number of rotatable bonds is 6. The molecule has 2 rings (SSSR count). The fourth-order valence-corrected chi connectivity index (χ4v) is 5.36. The Hall–Kier alpha value is -1.96. The van der Waals surface area contributed by atoms with Gasteiger partial charge < -0.3 is 10.2 Å². The number of aromatic hydroxyl groups is 2. The first kappa shape index (κ1) is 25.3. The quantitative estimate of drug-likeness (QED) is 0.491. The number of benzene rings is 2. The van der Waals surface area contributed by atoms with E-state index >= 15 is 0 Å². The summed E-state index contributed by atoms with van der Waals surface area (Å²) in [5.74, 6) is 0.572. The second-order valence-corrected chi connectivity index (χ2v) is 13.1. The van der Waals surface area contributed by atoms with Crippen LogP contribution in [-0.4, -0.2) is 10.2 Å². The molecule has 172 valence electrons. The summed E-state index contributed by atoms with van der Waals surface area (Å²) in [4.78, 5) is 0. The normalized spacial score (nSPS) is 13.5. The molecule has 0 saturated carbocycles. The van der Waals surface area contributed by atoms with E-state index in [1.165, 1.54) is 11.1 Å². The van der Waals surface area contributed by atoms with Crippen molar-refractivity contribution in [3.8, 4) is 11.5 Å². The van der Waals surface area contributed by atoms with E-state index in [2.05, 4.69) is 81.4 Å². The van der Waals surface area contributed by atoms with Gasteiger partial charge in [0.25, 0.3) is 0 Å². The smallest absolute Gasteiger partial charge is 0.119 e. The molecule has 0 aliphatic rings. The molecule has 0 fully saturated rings. The highest BCUT2D eigenvalue weighted by molar-refractivity contribution is 5.46. The van der Waals surface area contributed by atoms with Crippen molar-refractivity contribution in [1.29, 1.82) is 0 Å². The van der Waals surface area contributed by atoms with Crippen molar-refractivity contribution < 1.29 is 10.2 Å². The maximum atomic E-state index is 10.6. The third-order valence-electron chi connectivity index (χ3n) is 6.05. The third kappa shape index (κ3) is 7.02. The van der Waals surface area contributed by atoms with Crippen LogP contribution in [0.15, 0.2) is 36.4 Å². The topological polar surface area (TPSA) is 40.5 Å². The van der Waals surface area contributed by atoms with Crippen molar-refractivity contribution in [1.82, 2.24) is 0 Å². The molecule has 0 spiro atoms. The van der Waals surface area contributed by atoms with Crippen LogP contribution in [0.3, 0.4) is 0 Å². The third-order valence-corrected chi connectivity index (χ3v) is 6.05. The van der Waals surface area contributed by atoms with Gasteiger partial charge in [-0.15, -0.1) is 0 Å². The minimum absolute atomic E-state index is 0.000702. The summed E-state index contributed by atoms with van der Waals surface area (Å²) in [6.07, 6.45) is 2.61. The molecule has 31 heavy (non-hydrogen) atoms. The van der Waals surface area contributed by atoms with E-state index in [9.17, 15) is 10.2 Å². The van der Waals surface area contributed by atoms with Crippen LogP contribution in [0.4, 0.5) is 0 Å². The molecule has 0 atom stereocenters. The number of hydrogen-bond donors (Lipinski definition) is 2. The second-order valence-electron chi connectivity index (χ2n) is 13.1. The summed E-state index contributed by atoms with van der Waals surface area (Å²) in [5.41, 5.74) is 4.59. The molecule has 0 amide bonds. The largest absolute Gasteiger partial charge is 0.508 e. The molecule has 0 aromatic heterocycles. The SMILES string of the molecule is CC(C)(C)CC(C)(C)c1ccc(O)c(Cc2cc(C(C)(C)CC(C)(C)C)ccc2O)c1. The van der Waals surface area contributed by atoms with E-state index in [0.717, 1.165) is 24.0 Å². The van der Waals surface area contributed by atoms with Gasteiger partial charge in [-0.3, -0.25) is 0 Å². The van der Waals surface area contributed by atoms with Crippen LogP contribution >= 0.6 is 0 Å². The van der Waals surface area contributed by atoms with Crippen LogP contribution in [0.5, 0.6) is 11.5 Å². The number of hydrogen-bond acceptors (Lipinski definition) is 2. The maximum Gasteiger partial charge on any atom is 0.119 e. The number of phenolic OH excluding ortho intramolecular Hbond substituents is 2. The van der Waals surface area contributed by atoms with Gasteiger partial charge in [-0.05, 0) is 68.9 Å². The first-order chi connectivity index (χ1) is 13.9. The molecular formula is C29H44O2. The van der Waals surface area contributed by atoms with Crippen molar-refractivity contribution in [2.24, 2.45) is 10.8 Å². The predicted octanol–water partition coefficient (Wildman–Crippen LogP) is 8.12. The van der Waals surface area contributed by atoms with E-state index in [4.69, 9.17) is 0 Å². The Balaban J connectivity index is 2.41. The zero-order valence-electron chi connectivity index (χ0n) is 21.5. The molecule has 2 aromatic carbocycles. The van der Waals surface area contributed by atoms with E-state index in [-0.39, 0.29) is 33.2 Å². The summed E-state index contributed by atoms with van der Waals surface area (Å²) in [6.45, 7) is 22.6. The summed E-state index contributed by atoms with van der Waals surface area (Å²) in [5, 5.41) is 21.2. The molecule has 0 radical (unpaired) electrons. The van der Waals surface area contributed by atoms with Crippen molar-refractivity contribution in [2.45, 2.75) is 99.3 Å². The average Bonchev–Trinajstić information content (AvgIpc) is 2.54. The second kappa shape index (κ2) is 8.52. The lowest BCUT2D eigenvalue weighted by Gasteiger charge is -2.33. The van der Waals surface area contributed by atoms with Gasteiger partial charge in [-0.25, -0.2) is 0 Å². The van der Waals surface area contributed by atoms with E-state index in [0.29, 0.717) is 6.42 Å². The first-order valence-electron chi connectivity index (χ1n) is 11.5. The Bertz CT molecular complexity index is 830. The molecule has 2 heteroatoms. The van der Waals surface area contributed by atoms with Crippen LogP contribution in [0.25, 0.3) is 0 Å². The molecule has 0 aliphatic heterocycles. The molecular weight excluding hydrogens is 380 g/mol. The lowest BCUT2D eigenvalue weighted by atomic mass is 9.71. The Labute approximate surface area is 190 Å². The average molecular weight is 425 g/mol. The molecule has 0 bridgehead atoms. The fourth-order valence-electron chi connectivity index (χ4n) is 5.36. The van der Waals surface area contributed by atoms with Crippen LogP contribution in [0.2, 0.25) is 0 Å². The summed E-state index contributed by atoms with van der Waals surface area (Å²) >= 11 is 0. The Morgan fingerprint density at radius 2 is 0.871 bits per heavy atom. The lowest BCUT2D eigenvalue weighted by molar-refractivity contribution is 0.283. The van der Waals surface area contributed by atoms with E-state index < -0.39 is 0 Å². The van der Waals surface area contributed by atoms with Crippen molar-refractivity contribution in [3.05, 3.63) is 58.7 Å². The predicted molar refractivity (Wildman–Crippen MR) is 133 cm³/mol. The van der Waals surface area contributed by atoms with Gasteiger partial charge in [0.1, 0.15) is 11.5 Å². The highest BCUT2D eigenvalue weighted by atomic mass is 16.3. The summed E-state index contributed by atoms with van der Waals surface area (Å²) in [7, 11) is 0. The van der Waals surface area contributed by atoms with Crippen molar-refractivity contribution in [2.75, 3.05) is 0 Å². The monoisotopic (exact) mass is 424 g/mol. The van der Waals surface area contributed by atoms with Gasteiger partial charge in [0.2, 0.25) is 0 Å². The molecule has 2 aromatic rings. The van der Waals surface area contributed by atoms with Crippen molar-refractivity contribution >= 4 is 0 Å². The fraction of sp³-hybridized carbons (Fsp3) is 0.586. The molecule has 0 unspecified atom stereocenters. The van der Waals surface area contributed by atoms with Crippen LogP contribution in [0, 0.1) is 10.8 Å². The van der Waals surface area contributed by atoms with Crippen LogP contribution < -0.4 is 0 Å². The van der Waals surface area contributed by atoms with Crippen LogP contribution in [-0.2, 0) is 17.3 Å². The minimum atomic E-state index is -0.000702. The van der Waals surface area contributed by atoms with Gasteiger partial charge in [0, 0.05) is 6.42 Å². The summed E-state index contributed by atoms with van der Waals surface area (Å²) < 4.78 is 0. The van der Waals surface area contributed by atoms with Gasteiger partial charge in [0.15, 0.2) is 0 Å². The molecule has 0 heterocycles. The number of phenols is 2. The molecule has 0 saturated heterocycles. The molecule has 2 nitrogen and oxygen atoms in total. The standard InChI is InChI=1S/C29H44O2/c1-26(2,3)18-28(7,8)22-11-13-24(30)20(16-22)15-21-17-23(12-14-25(21)31)29(9,10)19-27(4,5)6/h11-14,16-17,30-31H,15,18-19H2,1-10H3. The highest BCUT2D eigenvalue weighted by Gasteiger charge is 2.29. The van der Waals surface area contributed by atoms with E-state index in [1.54, 1.807) is 12.1 Å². The zero-order chi connectivity index (χ0) is 23.8. The Kier molecular flexibility index (Phi) is 6.96. The molecule has 2 N–H and O–H groups in total. The van der Waals surface area contributed by atoms with Gasteiger partial charge >= 0.3 is 0 Å². The van der Waals surface area contributed by atoms with Gasteiger partial charge in [-0.1, -0.05) is 93.5 Å². The zero-order valence-corrected chi connectivity index (χ0v) is 21.5. The van der Waals surface area contributed by atoms with Crippen LogP contribution in [0.1, 0.15) is 104 Å². The van der Waals surface area contributed by atoms with Gasteiger partial charge in [0.05, 0.1) is 0 Å². The van der Waals surface area contributed by atoms with Crippen molar-refractivity contribution in [3.63, 3.8) is 0 Å². The molecule has 0 aliphatic carbocycles.